The summed E-state index contributed by atoms with van der Waals surface area (Å²) in [4.78, 5) is 38.6. The van der Waals surface area contributed by atoms with Crippen molar-refractivity contribution in [3.8, 4) is 0 Å². The van der Waals surface area contributed by atoms with Crippen LogP contribution in [0.4, 0.5) is 8.78 Å². The number of halogens is 2. The second-order valence-electron chi connectivity index (χ2n) is 10.5. The maximum atomic E-state index is 15.6. The molecule has 0 spiro atoms. The Balaban J connectivity index is 1.61. The van der Waals surface area contributed by atoms with Gasteiger partial charge in [0, 0.05) is 16.7 Å². The lowest BCUT2D eigenvalue weighted by atomic mass is 9.51. The highest BCUT2D eigenvalue weighted by atomic mass is 32.2. The minimum absolute atomic E-state index is 0.0329. The molecule has 2 saturated carbocycles. The van der Waals surface area contributed by atoms with E-state index in [4.69, 9.17) is 9.15 Å². The molecule has 2 fully saturated rings. The van der Waals surface area contributed by atoms with E-state index >= 15 is 4.39 Å². The van der Waals surface area contributed by atoms with Crippen LogP contribution < -0.4 is 0 Å². The molecule has 5 rings (SSSR count). The van der Waals surface area contributed by atoms with Gasteiger partial charge in [-0.2, -0.15) is 0 Å². The van der Waals surface area contributed by atoms with E-state index in [0.717, 1.165) is 5.57 Å². The molecule has 4 aliphatic carbocycles. The highest BCUT2D eigenvalue weighted by molar-refractivity contribution is 8.13. The van der Waals surface area contributed by atoms with Crippen molar-refractivity contribution in [2.24, 2.45) is 28.6 Å². The van der Waals surface area contributed by atoms with Crippen LogP contribution in [0.1, 0.15) is 50.6 Å². The van der Waals surface area contributed by atoms with Crippen molar-refractivity contribution in [1.82, 2.24) is 0 Å². The van der Waals surface area contributed by atoms with E-state index < -0.39 is 45.6 Å². The van der Waals surface area contributed by atoms with Gasteiger partial charge in [-0.15, -0.1) is 0 Å². The first-order valence-corrected chi connectivity index (χ1v) is 12.9. The van der Waals surface area contributed by atoms with Gasteiger partial charge in [0.15, 0.2) is 11.4 Å². The lowest BCUT2D eigenvalue weighted by Gasteiger charge is -2.54. The van der Waals surface area contributed by atoms with Crippen molar-refractivity contribution >= 4 is 28.6 Å². The number of allylic oxidation sites excluding steroid dienone is 6. The molecule has 186 valence electrons. The maximum Gasteiger partial charge on any atom is 0.375 e. The van der Waals surface area contributed by atoms with Gasteiger partial charge in [0.25, 0.3) is 0 Å². The number of carbonyl (C=O) groups is 3. The van der Waals surface area contributed by atoms with Crippen molar-refractivity contribution in [3.05, 3.63) is 59.6 Å². The molecule has 1 aromatic rings. The minimum atomic E-state index is -1.60. The topological polar surface area (TPSA) is 73.6 Å². The molecule has 0 bridgehead atoms. The lowest BCUT2D eigenvalue weighted by Crippen LogP contribution is -2.58. The zero-order valence-electron chi connectivity index (χ0n) is 19.9. The van der Waals surface area contributed by atoms with Gasteiger partial charge in [0.2, 0.25) is 10.9 Å². The quantitative estimate of drug-likeness (QED) is 0.384. The van der Waals surface area contributed by atoms with Crippen molar-refractivity contribution in [1.29, 1.82) is 0 Å². The number of hydrogen-bond donors (Lipinski definition) is 0. The third-order valence-corrected chi connectivity index (χ3v) is 9.62. The Kier molecular flexibility index (Phi) is 5.74. The largest absolute Gasteiger partial charge is 0.457 e. The predicted molar refractivity (Wildman–Crippen MR) is 127 cm³/mol. The molecule has 0 aromatic carbocycles. The summed E-state index contributed by atoms with van der Waals surface area (Å²) in [6.45, 7) is 5.68. The van der Waals surface area contributed by atoms with Crippen molar-refractivity contribution < 1.29 is 32.3 Å². The molecule has 8 heteroatoms. The number of alkyl halides is 2. The van der Waals surface area contributed by atoms with Gasteiger partial charge in [-0.25, -0.2) is 13.6 Å². The van der Waals surface area contributed by atoms with Crippen molar-refractivity contribution in [3.63, 3.8) is 0 Å². The van der Waals surface area contributed by atoms with Crippen LogP contribution in [0.15, 0.2) is 58.3 Å². The van der Waals surface area contributed by atoms with Gasteiger partial charge in [-0.1, -0.05) is 31.6 Å². The molecule has 4 aliphatic rings. The SMILES string of the molecule is C[C@@H]1C[C@H]2[C@@H]3C[C@H](F)C4=CC(=O)C=C[C@]4(C)C3=CC[C@]2(C)[C@@]1(OC(=O)c1ccco1)C(=O)SCF. The van der Waals surface area contributed by atoms with Crippen LogP contribution in [-0.2, 0) is 14.3 Å². The number of ether oxygens (including phenoxy) is 1. The summed E-state index contributed by atoms with van der Waals surface area (Å²) in [6, 6.07) is 2.08. The van der Waals surface area contributed by atoms with Gasteiger partial charge in [-0.05, 0) is 79.6 Å². The second-order valence-corrected chi connectivity index (χ2v) is 11.4. The van der Waals surface area contributed by atoms with Crippen LogP contribution in [0.5, 0.6) is 0 Å². The first-order valence-electron chi connectivity index (χ1n) is 11.9. The average Bonchev–Trinajstić information content (AvgIpc) is 3.42. The molecule has 0 unspecified atom stereocenters. The number of furan rings is 1. The van der Waals surface area contributed by atoms with Crippen LogP contribution in [0.3, 0.4) is 0 Å². The number of hydrogen-bond acceptors (Lipinski definition) is 6. The third-order valence-electron chi connectivity index (χ3n) is 8.94. The molecule has 0 radical (unpaired) electrons. The van der Waals surface area contributed by atoms with Crippen LogP contribution >= 0.6 is 11.8 Å². The molecule has 5 nitrogen and oxygen atoms in total. The summed E-state index contributed by atoms with van der Waals surface area (Å²) in [7, 11) is 0. The number of rotatable bonds is 4. The summed E-state index contributed by atoms with van der Waals surface area (Å²) in [5, 5.41) is -0.531. The van der Waals surface area contributed by atoms with E-state index in [1.807, 2.05) is 26.8 Å². The Morgan fingerprint density at radius 1 is 1.26 bits per heavy atom. The van der Waals surface area contributed by atoms with E-state index in [1.165, 1.54) is 24.5 Å². The zero-order chi connectivity index (χ0) is 25.2. The highest BCUT2D eigenvalue weighted by Gasteiger charge is 2.71. The molecule has 7 atom stereocenters. The smallest absolute Gasteiger partial charge is 0.375 e. The van der Waals surface area contributed by atoms with E-state index in [1.54, 1.807) is 12.1 Å². The first-order chi connectivity index (χ1) is 16.6. The number of carbonyl (C=O) groups excluding carboxylic acids is 3. The van der Waals surface area contributed by atoms with Gasteiger partial charge >= 0.3 is 5.97 Å². The predicted octanol–water partition coefficient (Wildman–Crippen LogP) is 5.78. The van der Waals surface area contributed by atoms with Crippen LogP contribution in [-0.4, -0.2) is 34.6 Å². The van der Waals surface area contributed by atoms with Crippen LogP contribution in [0, 0.1) is 28.6 Å². The Morgan fingerprint density at radius 3 is 2.71 bits per heavy atom. The fourth-order valence-corrected chi connectivity index (χ4v) is 8.09. The third kappa shape index (κ3) is 3.28. The highest BCUT2D eigenvalue weighted by Crippen LogP contribution is 2.68. The molecule has 1 heterocycles. The number of thioether (sulfide) groups is 1. The summed E-state index contributed by atoms with van der Waals surface area (Å²) in [5.74, 6) is -1.82. The fourth-order valence-electron chi connectivity index (χ4n) is 7.30. The Bertz CT molecular complexity index is 1170. The molecular formula is C27H28F2O5S. The van der Waals surface area contributed by atoms with Gasteiger partial charge in [0.1, 0.15) is 12.2 Å². The summed E-state index contributed by atoms with van der Waals surface area (Å²) < 4.78 is 40.2. The van der Waals surface area contributed by atoms with Crippen molar-refractivity contribution in [2.45, 2.75) is 51.8 Å². The molecule has 0 N–H and O–H groups in total. The fraction of sp³-hybridized carbons (Fsp3) is 0.519. The normalized spacial score (nSPS) is 39.7. The number of fused-ring (bicyclic) bond motifs is 5. The Hall–Kier alpha value is -2.48. The second kappa shape index (κ2) is 8.29. The van der Waals surface area contributed by atoms with Gasteiger partial charge < -0.3 is 9.15 Å². The standard InChI is InChI=1S/C27H28F2O5S/c1-15-11-19-17-13-21(29)20-12-16(30)6-8-25(20,2)18(17)7-9-26(19,3)27(15,24(32)35-14-28)34-23(31)22-5-4-10-33-22/h4-8,10,12,15,17,19,21H,9,11,13-14H2,1-3H3/t15-,17-,19+,21+,25-,26+,27+/m1/s1. The molecule has 35 heavy (non-hydrogen) atoms. The number of esters is 1. The van der Waals surface area contributed by atoms with Gasteiger partial charge in [0.05, 0.1) is 6.26 Å². The molecule has 0 aliphatic heterocycles. The monoisotopic (exact) mass is 502 g/mol. The minimum Gasteiger partial charge on any atom is -0.457 e. The van der Waals surface area contributed by atoms with Crippen LogP contribution in [0.25, 0.3) is 0 Å². The Labute approximate surface area is 207 Å². The average molecular weight is 503 g/mol. The lowest BCUT2D eigenvalue weighted by molar-refractivity contribution is -0.151. The summed E-state index contributed by atoms with van der Waals surface area (Å²) in [6.07, 6.45) is 7.86. The van der Waals surface area contributed by atoms with Crippen molar-refractivity contribution in [2.75, 3.05) is 6.01 Å². The zero-order valence-corrected chi connectivity index (χ0v) is 20.7. The van der Waals surface area contributed by atoms with Gasteiger partial charge in [-0.3, -0.25) is 9.59 Å². The van der Waals surface area contributed by atoms with E-state index in [-0.39, 0.29) is 29.8 Å². The number of ketones is 1. The van der Waals surface area contributed by atoms with E-state index in [0.29, 0.717) is 30.2 Å². The maximum absolute atomic E-state index is 15.6. The van der Waals surface area contributed by atoms with Crippen LogP contribution in [0.2, 0.25) is 0 Å². The molecular weight excluding hydrogens is 474 g/mol. The van der Waals surface area contributed by atoms with E-state index in [9.17, 15) is 18.8 Å². The molecule has 1 aromatic heterocycles. The first kappa shape index (κ1) is 24.2. The summed E-state index contributed by atoms with van der Waals surface area (Å²) in [5.41, 5.74) is -1.67. The van der Waals surface area contributed by atoms with E-state index in [2.05, 4.69) is 0 Å². The Morgan fingerprint density at radius 2 is 2.03 bits per heavy atom. The summed E-state index contributed by atoms with van der Waals surface area (Å²) >= 11 is 0.506. The molecule has 0 amide bonds. The molecule has 0 saturated heterocycles.